The second kappa shape index (κ2) is 8.45. The van der Waals surface area contributed by atoms with Gasteiger partial charge in [0, 0.05) is 29.7 Å². The van der Waals surface area contributed by atoms with Crippen LogP contribution in [0.5, 0.6) is 0 Å². The van der Waals surface area contributed by atoms with Gasteiger partial charge in [-0.2, -0.15) is 9.36 Å². The summed E-state index contributed by atoms with van der Waals surface area (Å²) >= 11 is 1.39. The number of rotatable bonds is 7. The largest absolute Gasteiger partial charge is 0.358 e. The molecule has 0 atom stereocenters. The van der Waals surface area contributed by atoms with Crippen LogP contribution in [-0.2, 0) is 10.0 Å². The van der Waals surface area contributed by atoms with Gasteiger partial charge in [-0.1, -0.05) is 30.3 Å². The molecule has 3 rings (SSSR count). The fourth-order valence-corrected chi connectivity index (χ4v) is 4.54. The van der Waals surface area contributed by atoms with Crippen LogP contribution in [0.2, 0.25) is 0 Å². The molecule has 0 radical (unpaired) electrons. The predicted octanol–water partition coefficient (Wildman–Crippen LogP) is 3.50. The SMILES string of the molecule is CC(C)S(=O)(=O)NCC1CCC(Nc2nc(-c3ccccc3)ns2)CC1. The molecule has 2 N–H and O–H groups in total. The van der Waals surface area contributed by atoms with Gasteiger partial charge >= 0.3 is 0 Å². The van der Waals surface area contributed by atoms with Crippen molar-refractivity contribution in [1.82, 2.24) is 14.1 Å². The highest BCUT2D eigenvalue weighted by Crippen LogP contribution is 2.28. The normalized spacial score (nSPS) is 21.0. The molecule has 1 aliphatic rings. The predicted molar refractivity (Wildman–Crippen MR) is 107 cm³/mol. The van der Waals surface area contributed by atoms with Crippen LogP contribution in [0.15, 0.2) is 30.3 Å². The van der Waals surface area contributed by atoms with Crippen LogP contribution < -0.4 is 10.0 Å². The van der Waals surface area contributed by atoms with E-state index in [-0.39, 0.29) is 5.25 Å². The molecule has 6 nitrogen and oxygen atoms in total. The second-order valence-corrected chi connectivity index (χ2v) is 10.2. The topological polar surface area (TPSA) is 84.0 Å². The van der Waals surface area contributed by atoms with Crippen LogP contribution in [0, 0.1) is 5.92 Å². The zero-order valence-electron chi connectivity index (χ0n) is 15.2. The number of aromatic nitrogens is 2. The van der Waals surface area contributed by atoms with Crippen molar-refractivity contribution in [2.75, 3.05) is 11.9 Å². The fraction of sp³-hybridized carbons (Fsp3) is 0.556. The van der Waals surface area contributed by atoms with Gasteiger partial charge in [0.25, 0.3) is 0 Å². The van der Waals surface area contributed by atoms with Crippen molar-refractivity contribution >= 4 is 26.7 Å². The maximum Gasteiger partial charge on any atom is 0.213 e. The molecule has 1 fully saturated rings. The van der Waals surface area contributed by atoms with E-state index in [4.69, 9.17) is 0 Å². The molecule has 1 aromatic carbocycles. The third-order valence-corrected chi connectivity index (χ3v) is 7.28. The van der Waals surface area contributed by atoms with Gasteiger partial charge in [-0.05, 0) is 45.4 Å². The lowest BCUT2D eigenvalue weighted by atomic mass is 9.86. The zero-order valence-corrected chi connectivity index (χ0v) is 16.8. The first-order valence-corrected chi connectivity index (χ1v) is 11.4. The second-order valence-electron chi connectivity index (χ2n) is 7.09. The van der Waals surface area contributed by atoms with Crippen LogP contribution in [0.4, 0.5) is 5.13 Å². The van der Waals surface area contributed by atoms with Gasteiger partial charge in [0.15, 0.2) is 5.82 Å². The van der Waals surface area contributed by atoms with Crippen LogP contribution in [0.1, 0.15) is 39.5 Å². The van der Waals surface area contributed by atoms with Gasteiger partial charge in [-0.3, -0.25) is 0 Å². The Morgan fingerprint density at radius 2 is 1.85 bits per heavy atom. The van der Waals surface area contributed by atoms with Crippen molar-refractivity contribution in [3.05, 3.63) is 30.3 Å². The Kier molecular flexibility index (Phi) is 6.26. The molecule has 0 aliphatic heterocycles. The summed E-state index contributed by atoms with van der Waals surface area (Å²) in [5.41, 5.74) is 1.03. The summed E-state index contributed by atoms with van der Waals surface area (Å²) in [6.07, 6.45) is 4.08. The van der Waals surface area contributed by atoms with Crippen molar-refractivity contribution < 1.29 is 8.42 Å². The quantitative estimate of drug-likeness (QED) is 0.751. The summed E-state index contributed by atoms with van der Waals surface area (Å²) in [6, 6.07) is 10.3. The lowest BCUT2D eigenvalue weighted by Crippen LogP contribution is -2.37. The molecular formula is C18H26N4O2S2. The Labute approximate surface area is 159 Å². The molecule has 26 heavy (non-hydrogen) atoms. The Morgan fingerprint density at radius 1 is 1.15 bits per heavy atom. The maximum atomic E-state index is 11.9. The monoisotopic (exact) mass is 394 g/mol. The van der Waals surface area contributed by atoms with Gasteiger partial charge in [-0.15, -0.1) is 0 Å². The number of anilines is 1. The summed E-state index contributed by atoms with van der Waals surface area (Å²) in [5, 5.41) is 3.96. The molecule has 142 valence electrons. The smallest absolute Gasteiger partial charge is 0.213 e. The number of hydrogen-bond donors (Lipinski definition) is 2. The molecule has 8 heteroatoms. The summed E-state index contributed by atoms with van der Waals surface area (Å²) in [6.45, 7) is 3.95. The average Bonchev–Trinajstić information content (AvgIpc) is 3.10. The Bertz CT molecular complexity index is 798. The zero-order chi connectivity index (χ0) is 18.6. The molecule has 1 saturated carbocycles. The molecule has 2 aromatic rings. The molecule has 0 saturated heterocycles. The van der Waals surface area contributed by atoms with Gasteiger partial charge in [0.05, 0.1) is 5.25 Å². The Hall–Kier alpha value is -1.51. The van der Waals surface area contributed by atoms with Crippen LogP contribution in [0.25, 0.3) is 11.4 Å². The highest BCUT2D eigenvalue weighted by Gasteiger charge is 2.24. The molecule has 0 amide bonds. The van der Waals surface area contributed by atoms with E-state index in [1.54, 1.807) is 13.8 Å². The molecular weight excluding hydrogens is 368 g/mol. The van der Waals surface area contributed by atoms with E-state index < -0.39 is 10.0 Å². The Morgan fingerprint density at radius 3 is 2.50 bits per heavy atom. The molecule has 1 aliphatic carbocycles. The number of sulfonamides is 1. The van der Waals surface area contributed by atoms with Gasteiger partial charge in [0.1, 0.15) is 0 Å². The van der Waals surface area contributed by atoms with Crippen LogP contribution in [0.3, 0.4) is 0 Å². The summed E-state index contributed by atoms with van der Waals surface area (Å²) in [7, 11) is -3.17. The van der Waals surface area contributed by atoms with Crippen molar-refractivity contribution in [3.63, 3.8) is 0 Å². The van der Waals surface area contributed by atoms with E-state index in [9.17, 15) is 8.42 Å². The van der Waals surface area contributed by atoms with Gasteiger partial charge < -0.3 is 5.32 Å². The van der Waals surface area contributed by atoms with Crippen molar-refractivity contribution in [1.29, 1.82) is 0 Å². The number of nitrogens with one attached hydrogen (secondary N) is 2. The third kappa shape index (κ3) is 5.02. The number of benzene rings is 1. The van der Waals surface area contributed by atoms with E-state index in [1.165, 1.54) is 11.5 Å². The van der Waals surface area contributed by atoms with Gasteiger partial charge in [0.2, 0.25) is 15.2 Å². The van der Waals surface area contributed by atoms with E-state index in [1.807, 2.05) is 30.3 Å². The van der Waals surface area contributed by atoms with E-state index in [2.05, 4.69) is 19.4 Å². The average molecular weight is 395 g/mol. The number of nitrogens with zero attached hydrogens (tertiary/aromatic N) is 2. The maximum absolute atomic E-state index is 11.9. The highest BCUT2D eigenvalue weighted by atomic mass is 32.2. The first-order chi connectivity index (χ1) is 12.4. The summed E-state index contributed by atoms with van der Waals surface area (Å²) in [5.74, 6) is 1.17. The first-order valence-electron chi connectivity index (χ1n) is 9.08. The van der Waals surface area contributed by atoms with E-state index in [0.717, 1.165) is 42.2 Å². The molecule has 0 bridgehead atoms. The van der Waals surface area contributed by atoms with E-state index >= 15 is 0 Å². The molecule has 1 aromatic heterocycles. The lowest BCUT2D eigenvalue weighted by molar-refractivity contribution is 0.337. The summed E-state index contributed by atoms with van der Waals surface area (Å²) in [4.78, 5) is 4.59. The van der Waals surface area contributed by atoms with Crippen LogP contribution >= 0.6 is 11.5 Å². The standard InChI is InChI=1S/C18H26N4O2S2/c1-13(2)26(23,24)19-12-14-8-10-16(11-9-14)20-18-21-17(22-25-18)15-6-4-3-5-7-15/h3-7,13-14,16,19H,8-12H2,1-2H3,(H,20,21,22). The minimum atomic E-state index is -3.17. The molecule has 0 spiro atoms. The number of hydrogen-bond acceptors (Lipinski definition) is 6. The third-order valence-electron chi connectivity index (χ3n) is 4.83. The van der Waals surface area contributed by atoms with Crippen molar-refractivity contribution in [2.24, 2.45) is 5.92 Å². The highest BCUT2D eigenvalue weighted by molar-refractivity contribution is 7.90. The van der Waals surface area contributed by atoms with Crippen LogP contribution in [-0.4, -0.2) is 35.6 Å². The summed E-state index contributed by atoms with van der Waals surface area (Å²) < 4.78 is 30.9. The minimum absolute atomic E-state index is 0.378. The van der Waals surface area contributed by atoms with Crippen molar-refractivity contribution in [3.8, 4) is 11.4 Å². The Balaban J connectivity index is 1.47. The molecule has 0 unspecified atom stereocenters. The van der Waals surface area contributed by atoms with Crippen molar-refractivity contribution in [2.45, 2.75) is 50.8 Å². The van der Waals surface area contributed by atoms with E-state index in [0.29, 0.717) is 18.5 Å². The van der Waals surface area contributed by atoms with Gasteiger partial charge in [-0.25, -0.2) is 13.1 Å². The molecule has 1 heterocycles. The first kappa shape index (κ1) is 19.3. The lowest BCUT2D eigenvalue weighted by Gasteiger charge is -2.29. The minimum Gasteiger partial charge on any atom is -0.358 e. The fourth-order valence-electron chi connectivity index (χ4n) is 3.07.